The van der Waals surface area contributed by atoms with Crippen molar-refractivity contribution in [1.29, 1.82) is 0 Å². The van der Waals surface area contributed by atoms with Gasteiger partial charge in [0, 0.05) is 16.7 Å². The van der Waals surface area contributed by atoms with E-state index in [1.807, 2.05) is 4.90 Å². The molecule has 0 atom stereocenters. The molecule has 0 aliphatic rings. The van der Waals surface area contributed by atoms with Crippen molar-refractivity contribution in [3.63, 3.8) is 0 Å². The third-order valence-corrected chi connectivity index (χ3v) is 2.98. The molecular formula is C13H14BrNO2. The van der Waals surface area contributed by atoms with Gasteiger partial charge in [-0.05, 0) is 40.5 Å². The normalized spacial score (nSPS) is 9.71. The Hall–Kier alpha value is -1.47. The summed E-state index contributed by atoms with van der Waals surface area (Å²) < 4.78 is 0.570. The fraction of sp³-hybridized carbons (Fsp3) is 0.308. The first-order chi connectivity index (χ1) is 8.10. The van der Waals surface area contributed by atoms with E-state index in [0.717, 1.165) is 18.7 Å². The summed E-state index contributed by atoms with van der Waals surface area (Å²) in [5, 5.41) is 8.93. The van der Waals surface area contributed by atoms with Crippen molar-refractivity contribution in [2.45, 2.75) is 13.3 Å². The first-order valence-electron chi connectivity index (χ1n) is 5.31. The molecule has 0 aliphatic carbocycles. The SMILES string of the molecule is C#CCN(CCC)c1ccc(C(=O)O)c(Br)c1. The van der Waals surface area contributed by atoms with Gasteiger partial charge in [0.25, 0.3) is 0 Å². The van der Waals surface area contributed by atoms with Crippen molar-refractivity contribution in [2.75, 3.05) is 18.0 Å². The predicted octanol–water partition coefficient (Wildman–Crippen LogP) is 3.00. The summed E-state index contributed by atoms with van der Waals surface area (Å²) in [5.41, 5.74) is 1.19. The largest absolute Gasteiger partial charge is 0.478 e. The smallest absolute Gasteiger partial charge is 0.336 e. The number of nitrogens with zero attached hydrogens (tertiary/aromatic N) is 1. The van der Waals surface area contributed by atoms with Crippen molar-refractivity contribution in [3.8, 4) is 12.3 Å². The highest BCUT2D eigenvalue weighted by atomic mass is 79.9. The highest BCUT2D eigenvalue weighted by Crippen LogP contribution is 2.24. The summed E-state index contributed by atoms with van der Waals surface area (Å²) in [7, 11) is 0. The predicted molar refractivity (Wildman–Crippen MR) is 72.4 cm³/mol. The first kappa shape index (κ1) is 13.6. The van der Waals surface area contributed by atoms with Gasteiger partial charge in [0.1, 0.15) is 0 Å². The maximum Gasteiger partial charge on any atom is 0.336 e. The van der Waals surface area contributed by atoms with E-state index < -0.39 is 5.97 Å². The summed E-state index contributed by atoms with van der Waals surface area (Å²) in [4.78, 5) is 12.9. The average Bonchev–Trinajstić information content (AvgIpc) is 2.28. The standard InChI is InChI=1S/C13H14BrNO2/c1-3-7-15(8-4-2)10-5-6-11(13(16)17)12(14)9-10/h1,5-6,9H,4,7-8H2,2H3,(H,16,17). The zero-order valence-corrected chi connectivity index (χ0v) is 11.2. The monoisotopic (exact) mass is 295 g/mol. The number of carboxylic acid groups (broad SMARTS) is 1. The number of terminal acetylenes is 1. The quantitative estimate of drug-likeness (QED) is 0.849. The van der Waals surface area contributed by atoms with Gasteiger partial charge in [-0.1, -0.05) is 12.8 Å². The van der Waals surface area contributed by atoms with Crippen LogP contribution in [0.5, 0.6) is 0 Å². The highest BCUT2D eigenvalue weighted by molar-refractivity contribution is 9.10. The van der Waals surface area contributed by atoms with E-state index in [1.54, 1.807) is 18.2 Å². The lowest BCUT2D eigenvalue weighted by atomic mass is 10.2. The van der Waals surface area contributed by atoms with Gasteiger partial charge in [0.2, 0.25) is 0 Å². The molecule has 0 heterocycles. The van der Waals surface area contributed by atoms with Crippen LogP contribution in [0.3, 0.4) is 0 Å². The molecule has 0 fully saturated rings. The second-order valence-corrected chi connectivity index (χ2v) is 4.45. The minimum Gasteiger partial charge on any atom is -0.478 e. The first-order valence-corrected chi connectivity index (χ1v) is 6.10. The average molecular weight is 296 g/mol. The third kappa shape index (κ3) is 3.50. The van der Waals surface area contributed by atoms with Crippen LogP contribution in [0.2, 0.25) is 0 Å². The number of benzene rings is 1. The lowest BCUT2D eigenvalue weighted by Gasteiger charge is -2.22. The molecule has 0 aliphatic heterocycles. The number of carboxylic acids is 1. The van der Waals surface area contributed by atoms with Crippen molar-refractivity contribution in [1.82, 2.24) is 0 Å². The zero-order chi connectivity index (χ0) is 12.8. The van der Waals surface area contributed by atoms with Crippen LogP contribution in [0.4, 0.5) is 5.69 Å². The third-order valence-electron chi connectivity index (χ3n) is 2.32. The molecule has 17 heavy (non-hydrogen) atoms. The van der Waals surface area contributed by atoms with Gasteiger partial charge in [-0.25, -0.2) is 4.79 Å². The Morgan fingerprint density at radius 3 is 2.76 bits per heavy atom. The molecule has 0 aromatic heterocycles. The summed E-state index contributed by atoms with van der Waals surface area (Å²) in [5.74, 6) is 1.66. The fourth-order valence-corrected chi connectivity index (χ4v) is 2.09. The number of hydrogen-bond acceptors (Lipinski definition) is 2. The molecule has 0 radical (unpaired) electrons. The Bertz CT molecular complexity index is 451. The molecule has 1 aromatic rings. The molecule has 3 nitrogen and oxygen atoms in total. The van der Waals surface area contributed by atoms with E-state index in [2.05, 4.69) is 28.8 Å². The maximum absolute atomic E-state index is 10.9. The van der Waals surface area contributed by atoms with Crippen molar-refractivity contribution in [3.05, 3.63) is 28.2 Å². The van der Waals surface area contributed by atoms with Gasteiger partial charge in [-0.2, -0.15) is 0 Å². The molecule has 1 rings (SSSR count). The van der Waals surface area contributed by atoms with Crippen LogP contribution in [-0.2, 0) is 0 Å². The molecule has 0 saturated heterocycles. The second kappa shape index (κ2) is 6.31. The molecular weight excluding hydrogens is 282 g/mol. The lowest BCUT2D eigenvalue weighted by Crippen LogP contribution is -2.24. The van der Waals surface area contributed by atoms with Gasteiger partial charge >= 0.3 is 5.97 Å². The zero-order valence-electron chi connectivity index (χ0n) is 9.61. The summed E-state index contributed by atoms with van der Waals surface area (Å²) in [6.45, 7) is 3.44. The summed E-state index contributed by atoms with van der Waals surface area (Å²) in [6.07, 6.45) is 6.30. The van der Waals surface area contributed by atoms with E-state index in [4.69, 9.17) is 11.5 Å². The molecule has 0 amide bonds. The highest BCUT2D eigenvalue weighted by Gasteiger charge is 2.11. The van der Waals surface area contributed by atoms with E-state index >= 15 is 0 Å². The fourth-order valence-electron chi connectivity index (χ4n) is 1.55. The van der Waals surface area contributed by atoms with E-state index in [1.165, 1.54) is 0 Å². The Morgan fingerprint density at radius 2 is 2.29 bits per heavy atom. The topological polar surface area (TPSA) is 40.5 Å². The van der Waals surface area contributed by atoms with Crippen LogP contribution < -0.4 is 4.90 Å². The van der Waals surface area contributed by atoms with Crippen LogP contribution in [0, 0.1) is 12.3 Å². The van der Waals surface area contributed by atoms with Crippen LogP contribution in [0.25, 0.3) is 0 Å². The maximum atomic E-state index is 10.9. The minimum atomic E-state index is -0.942. The van der Waals surface area contributed by atoms with E-state index in [9.17, 15) is 4.79 Å². The number of halogens is 1. The Kier molecular flexibility index (Phi) is 5.05. The number of hydrogen-bond donors (Lipinski definition) is 1. The molecule has 1 aromatic carbocycles. The van der Waals surface area contributed by atoms with E-state index in [-0.39, 0.29) is 5.56 Å². The summed E-state index contributed by atoms with van der Waals surface area (Å²) in [6, 6.07) is 5.15. The minimum absolute atomic E-state index is 0.255. The lowest BCUT2D eigenvalue weighted by molar-refractivity contribution is 0.0696. The number of aromatic carboxylic acids is 1. The van der Waals surface area contributed by atoms with Gasteiger partial charge in [0.05, 0.1) is 12.1 Å². The van der Waals surface area contributed by atoms with Crippen molar-refractivity contribution >= 4 is 27.6 Å². The number of carbonyl (C=O) groups is 1. The van der Waals surface area contributed by atoms with Gasteiger partial charge in [-0.15, -0.1) is 6.42 Å². The second-order valence-electron chi connectivity index (χ2n) is 3.59. The van der Waals surface area contributed by atoms with Gasteiger partial charge in [-0.3, -0.25) is 0 Å². The Balaban J connectivity index is 3.02. The Labute approximate surface area is 110 Å². The molecule has 90 valence electrons. The van der Waals surface area contributed by atoms with Gasteiger partial charge < -0.3 is 10.0 Å². The molecule has 0 saturated carbocycles. The molecule has 0 unspecified atom stereocenters. The summed E-state index contributed by atoms with van der Waals surface area (Å²) >= 11 is 3.26. The van der Waals surface area contributed by atoms with Crippen LogP contribution in [0.15, 0.2) is 22.7 Å². The number of rotatable bonds is 5. The molecule has 4 heteroatoms. The van der Waals surface area contributed by atoms with E-state index in [0.29, 0.717) is 11.0 Å². The molecule has 0 bridgehead atoms. The van der Waals surface area contributed by atoms with Crippen molar-refractivity contribution in [2.24, 2.45) is 0 Å². The Morgan fingerprint density at radius 1 is 1.59 bits per heavy atom. The van der Waals surface area contributed by atoms with Crippen LogP contribution in [0.1, 0.15) is 23.7 Å². The van der Waals surface area contributed by atoms with Crippen LogP contribution >= 0.6 is 15.9 Å². The van der Waals surface area contributed by atoms with Crippen LogP contribution in [-0.4, -0.2) is 24.2 Å². The molecule has 0 spiro atoms. The van der Waals surface area contributed by atoms with Gasteiger partial charge in [0.15, 0.2) is 0 Å². The molecule has 1 N–H and O–H groups in total. The van der Waals surface area contributed by atoms with Crippen molar-refractivity contribution < 1.29 is 9.90 Å². The number of anilines is 1.